The van der Waals surface area contributed by atoms with Gasteiger partial charge in [0.2, 0.25) is 0 Å². The van der Waals surface area contributed by atoms with Crippen molar-refractivity contribution in [2.75, 3.05) is 25.7 Å². The number of likely N-dealkylation sites (N-methyl/N-ethyl adjacent to an activating group) is 1. The second-order valence-electron chi connectivity index (χ2n) is 7.30. The highest BCUT2D eigenvalue weighted by molar-refractivity contribution is 6.30. The average Bonchev–Trinajstić information content (AvgIpc) is 2.57. The molecule has 2 N–H and O–H groups in total. The van der Waals surface area contributed by atoms with Crippen LogP contribution in [-0.2, 0) is 22.7 Å². The molecule has 144 valence electrons. The summed E-state index contributed by atoms with van der Waals surface area (Å²) in [5, 5.41) is 3.71. The summed E-state index contributed by atoms with van der Waals surface area (Å²) >= 11 is 6.23. The molecule has 0 fully saturated rings. The second-order valence-corrected chi connectivity index (χ2v) is 7.73. The number of aryl methyl sites for hydroxylation is 3. The number of benzene rings is 2. The second kappa shape index (κ2) is 8.30. The minimum atomic E-state index is -0.0114. The van der Waals surface area contributed by atoms with Crippen molar-refractivity contribution in [3.05, 3.63) is 57.1 Å². The predicted molar refractivity (Wildman–Crippen MR) is 106 cm³/mol. The number of anilines is 1. The van der Waals surface area contributed by atoms with Gasteiger partial charge in [-0.05, 0) is 44.0 Å². The van der Waals surface area contributed by atoms with Crippen LogP contribution in [0.5, 0.6) is 5.75 Å². The van der Waals surface area contributed by atoms with Crippen LogP contribution < -0.4 is 15.0 Å². The van der Waals surface area contributed by atoms with Gasteiger partial charge in [0, 0.05) is 16.3 Å². The zero-order chi connectivity index (χ0) is 19.6. The Morgan fingerprint density at radius 1 is 1.19 bits per heavy atom. The molecule has 0 aromatic heterocycles. The van der Waals surface area contributed by atoms with Crippen molar-refractivity contribution in [3.63, 3.8) is 0 Å². The first kappa shape index (κ1) is 19.7. The van der Waals surface area contributed by atoms with Crippen LogP contribution in [0.4, 0.5) is 5.69 Å². The number of amides is 1. The fourth-order valence-corrected chi connectivity index (χ4v) is 3.87. The fraction of sp³-hybridized carbons (Fsp3) is 0.381. The van der Waals surface area contributed by atoms with E-state index in [1.54, 1.807) is 0 Å². The molecule has 0 spiro atoms. The molecule has 0 saturated heterocycles. The van der Waals surface area contributed by atoms with Gasteiger partial charge in [0.15, 0.2) is 13.3 Å². The van der Waals surface area contributed by atoms with E-state index in [4.69, 9.17) is 21.1 Å². The first-order valence-corrected chi connectivity index (χ1v) is 9.42. The number of fused-ring (bicyclic) bond motifs is 1. The molecule has 27 heavy (non-hydrogen) atoms. The number of hydrogen-bond acceptors (Lipinski definition) is 3. The highest BCUT2D eigenvalue weighted by atomic mass is 35.5. The van der Waals surface area contributed by atoms with Gasteiger partial charge in [-0.3, -0.25) is 4.79 Å². The highest BCUT2D eigenvalue weighted by Crippen LogP contribution is 2.31. The molecular formula is C21H26ClN2O3+. The highest BCUT2D eigenvalue weighted by Gasteiger charge is 2.20. The Morgan fingerprint density at radius 3 is 2.59 bits per heavy atom. The third-order valence-electron chi connectivity index (χ3n) is 4.65. The minimum Gasteiger partial charge on any atom is -0.467 e. The molecule has 0 bridgehead atoms. The molecule has 0 radical (unpaired) electrons. The van der Waals surface area contributed by atoms with Crippen molar-refractivity contribution >= 4 is 23.2 Å². The normalized spacial score (nSPS) is 14.3. The summed E-state index contributed by atoms with van der Waals surface area (Å²) in [6.07, 6.45) is 0. The zero-order valence-corrected chi connectivity index (χ0v) is 17.0. The van der Waals surface area contributed by atoms with Crippen molar-refractivity contribution in [2.24, 2.45) is 0 Å². The fourth-order valence-electron chi connectivity index (χ4n) is 3.61. The Bertz CT molecular complexity index is 844. The molecule has 2 aromatic carbocycles. The number of carbonyl (C=O) groups excluding carboxylic acids is 1. The van der Waals surface area contributed by atoms with Gasteiger partial charge in [-0.1, -0.05) is 29.3 Å². The SMILES string of the molecule is Cc1cc(C)c(NC(=O)C[NH+](C)Cc2cc(Cl)cc3c2OCOC3)c(C)c1. The van der Waals surface area contributed by atoms with E-state index in [-0.39, 0.29) is 12.7 Å². The number of hydrogen-bond donors (Lipinski definition) is 2. The summed E-state index contributed by atoms with van der Waals surface area (Å²) in [4.78, 5) is 13.6. The molecule has 2 aromatic rings. The van der Waals surface area contributed by atoms with E-state index in [9.17, 15) is 4.79 Å². The monoisotopic (exact) mass is 389 g/mol. The Kier molecular flexibility index (Phi) is 6.05. The van der Waals surface area contributed by atoms with Crippen LogP contribution in [0.15, 0.2) is 24.3 Å². The lowest BCUT2D eigenvalue weighted by Gasteiger charge is -2.22. The Hall–Kier alpha value is -2.08. The number of rotatable bonds is 5. The van der Waals surface area contributed by atoms with Crippen LogP contribution in [0.3, 0.4) is 0 Å². The lowest BCUT2D eigenvalue weighted by molar-refractivity contribution is -0.885. The third-order valence-corrected chi connectivity index (χ3v) is 4.87. The molecule has 3 rings (SSSR count). The summed E-state index contributed by atoms with van der Waals surface area (Å²) in [6.45, 7) is 7.82. The van der Waals surface area contributed by atoms with Gasteiger partial charge in [0.25, 0.3) is 5.91 Å². The smallest absolute Gasteiger partial charge is 0.279 e. The Balaban J connectivity index is 1.67. The van der Waals surface area contributed by atoms with Gasteiger partial charge in [0.05, 0.1) is 19.2 Å². The van der Waals surface area contributed by atoms with Crippen molar-refractivity contribution in [2.45, 2.75) is 33.9 Å². The quantitative estimate of drug-likeness (QED) is 0.826. The Labute approximate surface area is 165 Å². The largest absolute Gasteiger partial charge is 0.467 e. The third kappa shape index (κ3) is 4.80. The summed E-state index contributed by atoms with van der Waals surface area (Å²) in [5.74, 6) is 0.818. The van der Waals surface area contributed by atoms with Gasteiger partial charge in [-0.15, -0.1) is 0 Å². The first-order chi connectivity index (χ1) is 12.8. The maximum atomic E-state index is 12.5. The summed E-state index contributed by atoms with van der Waals surface area (Å²) in [5.41, 5.74) is 6.20. The van der Waals surface area contributed by atoms with E-state index in [1.807, 2.05) is 33.0 Å². The van der Waals surface area contributed by atoms with E-state index >= 15 is 0 Å². The molecule has 1 aliphatic rings. The van der Waals surface area contributed by atoms with Crippen molar-refractivity contribution < 1.29 is 19.2 Å². The number of halogens is 1. The van der Waals surface area contributed by atoms with E-state index in [0.717, 1.165) is 38.6 Å². The van der Waals surface area contributed by atoms with Crippen molar-refractivity contribution in [1.29, 1.82) is 0 Å². The molecule has 1 atom stereocenters. The molecule has 5 nitrogen and oxygen atoms in total. The van der Waals surface area contributed by atoms with Gasteiger partial charge < -0.3 is 19.7 Å². The summed E-state index contributed by atoms with van der Waals surface area (Å²) in [7, 11) is 1.99. The van der Waals surface area contributed by atoms with E-state index in [2.05, 4.69) is 24.4 Å². The number of ether oxygens (including phenoxy) is 2. The van der Waals surface area contributed by atoms with Gasteiger partial charge in [-0.2, -0.15) is 0 Å². The Morgan fingerprint density at radius 2 is 1.89 bits per heavy atom. The summed E-state index contributed by atoms with van der Waals surface area (Å²) in [6, 6.07) is 7.93. The predicted octanol–water partition coefficient (Wildman–Crippen LogP) is 2.79. The molecular weight excluding hydrogens is 364 g/mol. The van der Waals surface area contributed by atoms with Crippen LogP contribution in [0.2, 0.25) is 5.02 Å². The minimum absolute atomic E-state index is 0.0114. The maximum absolute atomic E-state index is 12.5. The van der Waals surface area contributed by atoms with Gasteiger partial charge in [-0.25, -0.2) is 0 Å². The van der Waals surface area contributed by atoms with Gasteiger partial charge >= 0.3 is 0 Å². The number of quaternary nitrogens is 1. The van der Waals surface area contributed by atoms with Gasteiger partial charge in [0.1, 0.15) is 12.3 Å². The van der Waals surface area contributed by atoms with Crippen molar-refractivity contribution in [3.8, 4) is 5.75 Å². The standard InChI is InChI=1S/C21H25ClN2O3/c1-13-5-14(2)20(15(3)6-13)23-19(25)10-24(4)9-16-7-18(22)8-17-11-26-12-27-21(16)17/h5-8H,9-12H2,1-4H3,(H,23,25)/p+1. The molecule has 1 heterocycles. The summed E-state index contributed by atoms with van der Waals surface area (Å²) < 4.78 is 11.0. The van der Waals surface area contributed by atoms with Crippen molar-refractivity contribution in [1.82, 2.24) is 0 Å². The lowest BCUT2D eigenvalue weighted by Crippen LogP contribution is -3.08. The molecule has 0 aliphatic carbocycles. The maximum Gasteiger partial charge on any atom is 0.279 e. The van der Waals surface area contributed by atoms with E-state index in [1.165, 1.54) is 5.56 Å². The zero-order valence-electron chi connectivity index (χ0n) is 16.2. The van der Waals surface area contributed by atoms with Crippen LogP contribution in [0, 0.1) is 20.8 Å². The lowest BCUT2D eigenvalue weighted by atomic mass is 10.1. The van der Waals surface area contributed by atoms with Crippen LogP contribution >= 0.6 is 11.6 Å². The van der Waals surface area contributed by atoms with Crippen LogP contribution in [-0.4, -0.2) is 26.3 Å². The van der Waals surface area contributed by atoms with E-state index in [0.29, 0.717) is 24.7 Å². The average molecular weight is 390 g/mol. The number of carbonyl (C=O) groups is 1. The first-order valence-electron chi connectivity index (χ1n) is 9.04. The topological polar surface area (TPSA) is 52.0 Å². The molecule has 1 unspecified atom stereocenters. The van der Waals surface area contributed by atoms with E-state index < -0.39 is 0 Å². The molecule has 1 amide bonds. The number of nitrogens with one attached hydrogen (secondary N) is 2. The molecule has 6 heteroatoms. The molecule has 1 aliphatic heterocycles. The van der Waals surface area contributed by atoms with Crippen LogP contribution in [0.1, 0.15) is 27.8 Å². The van der Waals surface area contributed by atoms with Crippen LogP contribution in [0.25, 0.3) is 0 Å². The molecule has 0 saturated carbocycles.